The van der Waals surface area contributed by atoms with E-state index in [4.69, 9.17) is 5.26 Å². The molecule has 2 rings (SSSR count). The van der Waals surface area contributed by atoms with E-state index in [2.05, 4.69) is 4.72 Å². The van der Waals surface area contributed by atoms with Gasteiger partial charge in [0.25, 0.3) is 10.0 Å². The molecule has 21 heavy (non-hydrogen) atoms. The second kappa shape index (κ2) is 6.08. The summed E-state index contributed by atoms with van der Waals surface area (Å²) in [6, 6.07) is 8.37. The van der Waals surface area contributed by atoms with E-state index < -0.39 is 20.7 Å². The average Bonchev–Trinajstić information content (AvgIpc) is 2.83. The minimum absolute atomic E-state index is 0.195. The lowest BCUT2D eigenvalue weighted by molar-refractivity contribution is 0.608. The summed E-state index contributed by atoms with van der Waals surface area (Å²) >= 11 is 1.35. The van der Waals surface area contributed by atoms with Crippen molar-refractivity contribution in [2.24, 2.45) is 0 Å². The lowest BCUT2D eigenvalue weighted by Crippen LogP contribution is -2.14. The number of thiophene rings is 1. The third-order valence-corrected chi connectivity index (χ3v) is 4.92. The summed E-state index contributed by atoms with van der Waals surface area (Å²) in [5.41, 5.74) is 1.09. The van der Waals surface area contributed by atoms with Crippen LogP contribution in [0.4, 0.5) is 10.1 Å². The Labute approximate surface area is 126 Å². The summed E-state index contributed by atoms with van der Waals surface area (Å²) in [5, 5.41) is 10.9. The molecular formula is C14H11FN2O2S2. The van der Waals surface area contributed by atoms with Crippen LogP contribution in [0.1, 0.15) is 10.4 Å². The van der Waals surface area contributed by atoms with E-state index in [1.165, 1.54) is 29.5 Å². The molecule has 0 atom stereocenters. The summed E-state index contributed by atoms with van der Waals surface area (Å²) < 4.78 is 39.4. The van der Waals surface area contributed by atoms with E-state index in [0.717, 1.165) is 17.7 Å². The Balaban J connectivity index is 2.33. The third-order valence-electron chi connectivity index (χ3n) is 2.66. The smallest absolute Gasteiger partial charge is 0.272 e. The molecule has 2 aromatic rings. The lowest BCUT2D eigenvalue weighted by atomic mass is 10.3. The number of allylic oxidation sites excluding steroid dienone is 1. The molecule has 0 bridgehead atoms. The number of aryl methyl sites for hydroxylation is 1. The molecule has 108 valence electrons. The number of nitrogens with zero attached hydrogens (tertiary/aromatic N) is 1. The summed E-state index contributed by atoms with van der Waals surface area (Å²) in [6.07, 6.45) is 1.33. The summed E-state index contributed by atoms with van der Waals surface area (Å²) in [7, 11) is -4.00. The van der Waals surface area contributed by atoms with Crippen LogP contribution in [0.15, 0.2) is 40.6 Å². The Morgan fingerprint density at radius 3 is 2.52 bits per heavy atom. The van der Waals surface area contributed by atoms with Crippen LogP contribution in [0.2, 0.25) is 0 Å². The topological polar surface area (TPSA) is 70.0 Å². The molecule has 0 radical (unpaired) electrons. The van der Waals surface area contributed by atoms with Gasteiger partial charge in [-0.05, 0) is 54.3 Å². The van der Waals surface area contributed by atoms with Crippen molar-refractivity contribution in [3.8, 4) is 6.07 Å². The SMILES string of the molecule is Cc1ccsc1/C=C(\C#N)S(=O)(=O)Nc1ccc(F)cc1. The second-order valence-electron chi connectivity index (χ2n) is 4.20. The minimum atomic E-state index is -4.00. The van der Waals surface area contributed by atoms with Crippen molar-refractivity contribution < 1.29 is 12.8 Å². The van der Waals surface area contributed by atoms with Gasteiger partial charge in [-0.1, -0.05) is 0 Å². The molecule has 1 aromatic heterocycles. The van der Waals surface area contributed by atoms with Crippen molar-refractivity contribution >= 4 is 33.1 Å². The molecule has 1 N–H and O–H groups in total. The van der Waals surface area contributed by atoms with Gasteiger partial charge in [-0.15, -0.1) is 11.3 Å². The number of hydrogen-bond donors (Lipinski definition) is 1. The molecule has 0 aliphatic heterocycles. The molecule has 0 amide bonds. The first-order chi connectivity index (χ1) is 9.92. The lowest BCUT2D eigenvalue weighted by Gasteiger charge is -2.06. The maximum atomic E-state index is 12.8. The van der Waals surface area contributed by atoms with Crippen LogP contribution in [0, 0.1) is 24.1 Å². The molecule has 7 heteroatoms. The quantitative estimate of drug-likeness (QED) is 0.876. The monoisotopic (exact) mass is 322 g/mol. The van der Waals surface area contributed by atoms with Crippen molar-refractivity contribution in [2.75, 3.05) is 4.72 Å². The van der Waals surface area contributed by atoms with Crippen molar-refractivity contribution in [2.45, 2.75) is 6.92 Å². The Morgan fingerprint density at radius 2 is 2.00 bits per heavy atom. The summed E-state index contributed by atoms with van der Waals surface area (Å²) in [6.45, 7) is 1.83. The van der Waals surface area contributed by atoms with Gasteiger partial charge in [0.1, 0.15) is 11.9 Å². The zero-order valence-corrected chi connectivity index (χ0v) is 12.6. The largest absolute Gasteiger partial charge is 0.279 e. The fraction of sp³-hybridized carbons (Fsp3) is 0.0714. The number of hydrogen-bond acceptors (Lipinski definition) is 4. The predicted octanol–water partition coefficient (Wildman–Crippen LogP) is 3.50. The standard InChI is InChI=1S/C14H11FN2O2S2/c1-10-6-7-20-14(10)8-13(9-16)21(18,19)17-12-4-2-11(15)3-5-12/h2-8,17H,1H3/b13-8+. The highest BCUT2D eigenvalue weighted by atomic mass is 32.2. The number of halogens is 1. The van der Waals surface area contributed by atoms with Gasteiger partial charge in [0.2, 0.25) is 0 Å². The second-order valence-corrected chi connectivity index (χ2v) is 6.80. The Morgan fingerprint density at radius 1 is 1.33 bits per heavy atom. The van der Waals surface area contributed by atoms with E-state index in [0.29, 0.717) is 4.88 Å². The van der Waals surface area contributed by atoms with Crippen LogP contribution in [0.3, 0.4) is 0 Å². The van der Waals surface area contributed by atoms with Crippen molar-refractivity contribution in [1.82, 2.24) is 0 Å². The Kier molecular flexibility index (Phi) is 4.40. The zero-order chi connectivity index (χ0) is 15.5. The van der Waals surface area contributed by atoms with Gasteiger partial charge in [-0.25, -0.2) is 12.8 Å². The molecule has 0 aliphatic rings. The molecule has 4 nitrogen and oxygen atoms in total. The maximum Gasteiger partial charge on any atom is 0.272 e. The molecule has 0 spiro atoms. The average molecular weight is 322 g/mol. The molecule has 1 aromatic carbocycles. The fourth-order valence-electron chi connectivity index (χ4n) is 1.55. The van der Waals surface area contributed by atoms with Crippen LogP contribution in [-0.4, -0.2) is 8.42 Å². The number of benzene rings is 1. The maximum absolute atomic E-state index is 12.8. The van der Waals surface area contributed by atoms with Crippen molar-refractivity contribution in [1.29, 1.82) is 5.26 Å². The molecule has 1 heterocycles. The van der Waals surface area contributed by atoms with Crippen molar-refractivity contribution in [3.63, 3.8) is 0 Å². The van der Waals surface area contributed by atoms with Crippen LogP contribution in [0.25, 0.3) is 6.08 Å². The molecule has 0 aliphatic carbocycles. The highest BCUT2D eigenvalue weighted by Gasteiger charge is 2.18. The number of nitriles is 1. The van der Waals surface area contributed by atoms with Crippen LogP contribution < -0.4 is 4.72 Å². The van der Waals surface area contributed by atoms with Crippen molar-refractivity contribution in [3.05, 3.63) is 56.9 Å². The predicted molar refractivity (Wildman–Crippen MR) is 81.6 cm³/mol. The van der Waals surface area contributed by atoms with Gasteiger partial charge in [-0.2, -0.15) is 5.26 Å². The highest BCUT2D eigenvalue weighted by Crippen LogP contribution is 2.22. The third kappa shape index (κ3) is 3.68. The first-order valence-electron chi connectivity index (χ1n) is 5.86. The molecule has 0 unspecified atom stereocenters. The summed E-state index contributed by atoms with van der Waals surface area (Å²) in [4.78, 5) is 0.313. The zero-order valence-electron chi connectivity index (χ0n) is 11.0. The first-order valence-corrected chi connectivity index (χ1v) is 8.23. The Bertz CT molecular complexity index is 815. The number of anilines is 1. The van der Waals surface area contributed by atoms with Gasteiger partial charge in [0.15, 0.2) is 4.91 Å². The number of sulfonamides is 1. The van der Waals surface area contributed by atoms with Crippen LogP contribution in [0.5, 0.6) is 0 Å². The van der Waals surface area contributed by atoms with Crippen LogP contribution in [-0.2, 0) is 10.0 Å². The van der Waals surface area contributed by atoms with E-state index >= 15 is 0 Å². The Hall–Kier alpha value is -2.17. The summed E-state index contributed by atoms with van der Waals surface area (Å²) in [5.74, 6) is -0.469. The number of rotatable bonds is 4. The van der Waals surface area contributed by atoms with Gasteiger partial charge in [-0.3, -0.25) is 4.72 Å². The van der Waals surface area contributed by atoms with Gasteiger partial charge >= 0.3 is 0 Å². The highest BCUT2D eigenvalue weighted by molar-refractivity contribution is 7.97. The molecule has 0 saturated carbocycles. The fourth-order valence-corrected chi connectivity index (χ4v) is 3.43. The van der Waals surface area contributed by atoms with E-state index in [9.17, 15) is 12.8 Å². The first kappa shape index (κ1) is 15.2. The normalized spacial score (nSPS) is 12.0. The van der Waals surface area contributed by atoms with Gasteiger partial charge in [0.05, 0.1) is 0 Å². The molecule has 0 fully saturated rings. The van der Waals surface area contributed by atoms with Gasteiger partial charge in [0, 0.05) is 10.6 Å². The molecule has 0 saturated heterocycles. The van der Waals surface area contributed by atoms with E-state index in [-0.39, 0.29) is 5.69 Å². The van der Waals surface area contributed by atoms with Crippen LogP contribution >= 0.6 is 11.3 Å². The van der Waals surface area contributed by atoms with E-state index in [1.54, 1.807) is 6.07 Å². The number of nitrogens with one attached hydrogen (secondary N) is 1. The minimum Gasteiger partial charge on any atom is -0.279 e. The molecular weight excluding hydrogens is 311 g/mol. The van der Waals surface area contributed by atoms with Gasteiger partial charge < -0.3 is 0 Å². The van der Waals surface area contributed by atoms with E-state index in [1.807, 2.05) is 18.4 Å².